The second kappa shape index (κ2) is 6.26. The van der Waals surface area contributed by atoms with Crippen LogP contribution >= 0.6 is 0 Å². The third-order valence-electron chi connectivity index (χ3n) is 2.68. The van der Waals surface area contributed by atoms with Crippen LogP contribution in [0.1, 0.15) is 11.1 Å². The smallest absolute Gasteiger partial charge is 0.296 e. The number of hydrogen-bond acceptors (Lipinski definition) is 4. The van der Waals surface area contributed by atoms with Gasteiger partial charge in [-0.05, 0) is 35.9 Å². The van der Waals surface area contributed by atoms with E-state index in [1.807, 2.05) is 18.2 Å². The summed E-state index contributed by atoms with van der Waals surface area (Å²) in [6.07, 6.45) is 0. The fourth-order valence-electron chi connectivity index (χ4n) is 1.81. The SMILES string of the molecule is N#Cc1cccc(CNc2cccc(NS(N)(=O)=O)c2)c1. The molecule has 21 heavy (non-hydrogen) atoms. The van der Waals surface area contributed by atoms with Gasteiger partial charge in [0.2, 0.25) is 0 Å². The Bertz CT molecular complexity index is 782. The number of rotatable bonds is 5. The van der Waals surface area contributed by atoms with Crippen molar-refractivity contribution in [3.05, 3.63) is 59.7 Å². The molecule has 6 nitrogen and oxygen atoms in total. The predicted octanol–water partition coefficient (Wildman–Crippen LogP) is 1.79. The molecule has 4 N–H and O–H groups in total. The molecule has 0 saturated carbocycles. The Morgan fingerprint density at radius 2 is 1.81 bits per heavy atom. The average molecular weight is 302 g/mol. The van der Waals surface area contributed by atoms with Crippen LogP contribution in [0.15, 0.2) is 48.5 Å². The van der Waals surface area contributed by atoms with Gasteiger partial charge in [0.25, 0.3) is 10.2 Å². The molecule has 0 bridgehead atoms. The van der Waals surface area contributed by atoms with Gasteiger partial charge in [0.05, 0.1) is 17.3 Å². The summed E-state index contributed by atoms with van der Waals surface area (Å²) >= 11 is 0. The van der Waals surface area contributed by atoms with Gasteiger partial charge < -0.3 is 5.32 Å². The normalized spacial score (nSPS) is 10.7. The molecule has 0 aliphatic rings. The standard InChI is InChI=1S/C14H14N4O2S/c15-9-11-3-1-4-12(7-11)10-17-13-5-2-6-14(8-13)18-21(16,19)20/h1-8,17-18H,10H2,(H2,16,19,20). The minimum atomic E-state index is -3.78. The minimum Gasteiger partial charge on any atom is -0.381 e. The average Bonchev–Trinajstić information content (AvgIpc) is 2.44. The molecule has 7 heteroatoms. The second-order valence-corrected chi connectivity index (χ2v) is 5.69. The van der Waals surface area contributed by atoms with E-state index < -0.39 is 10.2 Å². The van der Waals surface area contributed by atoms with Crippen LogP contribution in [0.4, 0.5) is 11.4 Å². The molecule has 0 fully saturated rings. The van der Waals surface area contributed by atoms with Gasteiger partial charge in [-0.2, -0.15) is 13.7 Å². The number of hydrogen-bond donors (Lipinski definition) is 3. The Kier molecular flexibility index (Phi) is 4.42. The lowest BCUT2D eigenvalue weighted by molar-refractivity contribution is 0.603. The highest BCUT2D eigenvalue weighted by Gasteiger charge is 2.03. The molecule has 0 aliphatic carbocycles. The van der Waals surface area contributed by atoms with Crippen LogP contribution in [0.2, 0.25) is 0 Å². The molecular weight excluding hydrogens is 288 g/mol. The number of nitrogens with one attached hydrogen (secondary N) is 2. The molecule has 0 atom stereocenters. The van der Waals surface area contributed by atoms with E-state index in [-0.39, 0.29) is 0 Å². The Balaban J connectivity index is 2.06. The molecule has 0 unspecified atom stereocenters. The van der Waals surface area contributed by atoms with Crippen LogP contribution in [0, 0.1) is 11.3 Å². The molecule has 0 spiro atoms. The van der Waals surface area contributed by atoms with Gasteiger partial charge >= 0.3 is 0 Å². The van der Waals surface area contributed by atoms with E-state index in [0.29, 0.717) is 17.8 Å². The fourth-order valence-corrected chi connectivity index (χ4v) is 2.27. The second-order valence-electron chi connectivity index (χ2n) is 4.39. The molecule has 0 aliphatic heterocycles. The largest absolute Gasteiger partial charge is 0.381 e. The maximum Gasteiger partial charge on any atom is 0.296 e. The van der Waals surface area contributed by atoms with Crippen LogP contribution in [0.3, 0.4) is 0 Å². The number of benzene rings is 2. The zero-order valence-electron chi connectivity index (χ0n) is 11.1. The highest BCUT2D eigenvalue weighted by atomic mass is 32.2. The molecular formula is C14H14N4O2S. The van der Waals surface area contributed by atoms with Crippen molar-refractivity contribution >= 4 is 21.6 Å². The van der Waals surface area contributed by atoms with Crippen molar-refractivity contribution < 1.29 is 8.42 Å². The molecule has 2 aromatic carbocycles. The first-order valence-corrected chi connectivity index (χ1v) is 7.64. The van der Waals surface area contributed by atoms with Gasteiger partial charge in [-0.15, -0.1) is 0 Å². The zero-order chi connectivity index (χ0) is 15.3. The summed E-state index contributed by atoms with van der Waals surface area (Å²) < 4.78 is 24.2. The van der Waals surface area contributed by atoms with E-state index in [9.17, 15) is 8.42 Å². The van der Waals surface area contributed by atoms with Gasteiger partial charge in [0.15, 0.2) is 0 Å². The van der Waals surface area contributed by atoms with E-state index in [1.54, 1.807) is 30.3 Å². The van der Waals surface area contributed by atoms with Crippen LogP contribution < -0.4 is 15.2 Å². The maximum absolute atomic E-state index is 11.0. The summed E-state index contributed by atoms with van der Waals surface area (Å²) in [5.41, 5.74) is 2.68. The van der Waals surface area contributed by atoms with E-state index in [1.165, 1.54) is 0 Å². The Hall–Kier alpha value is -2.56. The molecule has 0 radical (unpaired) electrons. The first-order chi connectivity index (χ1) is 9.96. The van der Waals surface area contributed by atoms with Crippen LogP contribution in [-0.4, -0.2) is 8.42 Å². The monoisotopic (exact) mass is 302 g/mol. The summed E-state index contributed by atoms with van der Waals surface area (Å²) in [4.78, 5) is 0. The summed E-state index contributed by atoms with van der Waals surface area (Å²) in [5.74, 6) is 0. The quantitative estimate of drug-likeness (QED) is 0.782. The van der Waals surface area contributed by atoms with E-state index in [4.69, 9.17) is 10.4 Å². The van der Waals surface area contributed by atoms with Crippen molar-refractivity contribution in [3.8, 4) is 6.07 Å². The maximum atomic E-state index is 11.0. The van der Waals surface area contributed by atoms with Gasteiger partial charge in [0, 0.05) is 12.2 Å². The van der Waals surface area contributed by atoms with Crippen LogP contribution in [0.25, 0.3) is 0 Å². The minimum absolute atomic E-state index is 0.383. The molecule has 0 saturated heterocycles. The molecule has 108 valence electrons. The first-order valence-electron chi connectivity index (χ1n) is 6.10. The highest BCUT2D eigenvalue weighted by Crippen LogP contribution is 2.16. The first kappa shape index (κ1) is 14.8. The predicted molar refractivity (Wildman–Crippen MR) is 81.7 cm³/mol. The number of nitriles is 1. The molecule has 2 aromatic rings. The third-order valence-corrected chi connectivity index (χ3v) is 3.20. The Labute approximate surface area is 123 Å². The van der Waals surface area contributed by atoms with Gasteiger partial charge in [-0.3, -0.25) is 4.72 Å². The van der Waals surface area contributed by atoms with Crippen molar-refractivity contribution in [3.63, 3.8) is 0 Å². The Morgan fingerprint density at radius 1 is 1.10 bits per heavy atom. The molecule has 0 aromatic heterocycles. The zero-order valence-corrected chi connectivity index (χ0v) is 11.9. The number of anilines is 2. The van der Waals surface area contributed by atoms with Crippen LogP contribution in [-0.2, 0) is 16.8 Å². The summed E-state index contributed by atoms with van der Waals surface area (Å²) in [6, 6.07) is 16.1. The topological polar surface area (TPSA) is 108 Å². The van der Waals surface area contributed by atoms with Crippen molar-refractivity contribution in [1.29, 1.82) is 5.26 Å². The molecule has 2 rings (SSSR count). The lowest BCUT2D eigenvalue weighted by atomic mass is 10.1. The van der Waals surface area contributed by atoms with Crippen molar-refractivity contribution in [2.75, 3.05) is 10.0 Å². The lowest BCUT2D eigenvalue weighted by Crippen LogP contribution is -2.21. The van der Waals surface area contributed by atoms with Gasteiger partial charge in [-0.25, -0.2) is 5.14 Å². The number of nitrogens with zero attached hydrogens (tertiary/aromatic N) is 1. The van der Waals surface area contributed by atoms with E-state index >= 15 is 0 Å². The lowest BCUT2D eigenvalue weighted by Gasteiger charge is -2.09. The van der Waals surface area contributed by atoms with Gasteiger partial charge in [-0.1, -0.05) is 18.2 Å². The summed E-state index contributed by atoms with van der Waals surface area (Å²) in [5, 5.41) is 16.9. The van der Waals surface area contributed by atoms with Crippen molar-refractivity contribution in [2.45, 2.75) is 6.54 Å². The van der Waals surface area contributed by atoms with Crippen LogP contribution in [0.5, 0.6) is 0 Å². The number of nitrogens with two attached hydrogens (primary N) is 1. The van der Waals surface area contributed by atoms with E-state index in [2.05, 4.69) is 16.1 Å². The van der Waals surface area contributed by atoms with Gasteiger partial charge in [0.1, 0.15) is 0 Å². The summed E-state index contributed by atoms with van der Waals surface area (Å²) in [7, 11) is -3.78. The fraction of sp³-hybridized carbons (Fsp3) is 0.0714. The highest BCUT2D eigenvalue weighted by molar-refractivity contribution is 7.90. The molecule has 0 amide bonds. The Morgan fingerprint density at radius 3 is 2.52 bits per heavy atom. The van der Waals surface area contributed by atoms with Crippen molar-refractivity contribution in [2.24, 2.45) is 5.14 Å². The molecule has 0 heterocycles. The van der Waals surface area contributed by atoms with E-state index in [0.717, 1.165) is 11.3 Å². The summed E-state index contributed by atoms with van der Waals surface area (Å²) in [6.45, 7) is 0.522. The third kappa shape index (κ3) is 4.80. The van der Waals surface area contributed by atoms with Crippen molar-refractivity contribution in [1.82, 2.24) is 0 Å².